The van der Waals surface area contributed by atoms with Gasteiger partial charge in [-0.3, -0.25) is 24.2 Å². The number of piperidine rings is 3. The Hall–Kier alpha value is -4.04. The molecule has 3 aromatic heterocycles. The van der Waals surface area contributed by atoms with Gasteiger partial charge in [-0.2, -0.15) is 4.39 Å². The highest BCUT2D eigenvalue weighted by molar-refractivity contribution is 5.82. The van der Waals surface area contributed by atoms with E-state index in [0.717, 1.165) is 53.2 Å². The average Bonchev–Trinajstić information content (AvgIpc) is 3.65. The number of pyridine rings is 1. The van der Waals surface area contributed by atoms with Gasteiger partial charge >= 0.3 is 5.69 Å². The van der Waals surface area contributed by atoms with Crippen molar-refractivity contribution in [1.29, 1.82) is 0 Å². The molecule has 4 aromatic rings. The van der Waals surface area contributed by atoms with Crippen molar-refractivity contribution in [2.45, 2.75) is 63.0 Å². The average molecular weight is 604 g/mol. The molecule has 12 nitrogen and oxygen atoms in total. The van der Waals surface area contributed by atoms with Crippen LogP contribution in [0.1, 0.15) is 42.9 Å². The third kappa shape index (κ3) is 5.40. The summed E-state index contributed by atoms with van der Waals surface area (Å²) in [6, 6.07) is 10.3. The zero-order chi connectivity index (χ0) is 30.4. The maximum atomic E-state index is 13.8. The number of H-pyrrole nitrogens is 1. The third-order valence-corrected chi connectivity index (χ3v) is 9.30. The maximum Gasteiger partial charge on any atom is 0.330 e. The third-order valence-electron chi connectivity index (χ3n) is 9.30. The van der Waals surface area contributed by atoms with E-state index in [4.69, 9.17) is 9.47 Å². The molecule has 0 amide bonds. The van der Waals surface area contributed by atoms with Gasteiger partial charge < -0.3 is 14.6 Å². The lowest BCUT2D eigenvalue weighted by Gasteiger charge is -2.51. The second kappa shape index (κ2) is 11.8. The van der Waals surface area contributed by atoms with E-state index in [-0.39, 0.29) is 31.7 Å². The number of nitrogens with zero attached hydrogens (tertiary/aromatic N) is 6. The van der Waals surface area contributed by atoms with Gasteiger partial charge in [0.05, 0.1) is 43.3 Å². The van der Waals surface area contributed by atoms with Crippen LogP contribution < -0.4 is 11.2 Å². The van der Waals surface area contributed by atoms with Crippen LogP contribution in [-0.4, -0.2) is 70.9 Å². The second-order valence-electron chi connectivity index (χ2n) is 11.9. The van der Waals surface area contributed by atoms with Gasteiger partial charge in [-0.05, 0) is 48.9 Å². The summed E-state index contributed by atoms with van der Waals surface area (Å²) in [7, 11) is 0. The van der Waals surface area contributed by atoms with E-state index in [1.54, 1.807) is 10.9 Å². The van der Waals surface area contributed by atoms with Crippen LogP contribution in [0.2, 0.25) is 0 Å². The SMILES string of the molecule is C=CC1C[N@@]2CCC1C[C@H]2[C@H](OCc1cn(CC2OC(n3cc(F)c(=O)[nH]c3=O)CC2O)nn1)c1ccnc2ccccc12. The standard InChI is InChI=1S/C31H34FN7O5/c1-2-18-13-37-10-8-19(18)11-25(37)29(22-7-9-33-24-6-4-3-5-21(22)24)43-17-20-14-38(36-35-20)16-27-26(40)12-28(44-27)39-15-23(32)30(41)34-31(39)42/h2-7,9,14-15,18-19,25-29,40H,1,8,10-13,16-17H2,(H,34,41,42)/t18?,19?,25-,26?,27?,28?,29+/m0/s1. The van der Waals surface area contributed by atoms with Crippen molar-refractivity contribution in [3.8, 4) is 0 Å². The number of rotatable bonds is 9. The van der Waals surface area contributed by atoms with Crippen LogP contribution in [0.3, 0.4) is 0 Å². The van der Waals surface area contributed by atoms with E-state index in [1.165, 1.54) is 0 Å². The van der Waals surface area contributed by atoms with Gasteiger partial charge in [-0.1, -0.05) is 29.5 Å². The fourth-order valence-electron chi connectivity index (χ4n) is 7.04. The molecule has 8 atom stereocenters. The lowest BCUT2D eigenvalue weighted by molar-refractivity contribution is -0.0809. The Labute approximate surface area is 251 Å². The Bertz CT molecular complexity index is 1780. The number of para-hydroxylation sites is 1. The smallest absolute Gasteiger partial charge is 0.330 e. The summed E-state index contributed by atoms with van der Waals surface area (Å²) >= 11 is 0. The molecular formula is C31H34FN7O5. The number of aliphatic hydroxyl groups is 1. The predicted octanol–water partition coefficient (Wildman–Crippen LogP) is 2.32. The molecule has 4 saturated heterocycles. The van der Waals surface area contributed by atoms with Crippen molar-refractivity contribution in [2.75, 3.05) is 13.1 Å². The van der Waals surface area contributed by atoms with E-state index in [0.29, 0.717) is 17.5 Å². The van der Waals surface area contributed by atoms with E-state index >= 15 is 0 Å². The molecule has 7 heterocycles. The minimum absolute atomic E-state index is 0.0495. The molecule has 2 N–H and O–H groups in total. The zero-order valence-corrected chi connectivity index (χ0v) is 24.0. The summed E-state index contributed by atoms with van der Waals surface area (Å²) in [5, 5.41) is 20.2. The first-order chi connectivity index (χ1) is 21.4. The lowest BCUT2D eigenvalue weighted by Crippen LogP contribution is -2.55. The first-order valence-electron chi connectivity index (χ1n) is 14.9. The zero-order valence-electron chi connectivity index (χ0n) is 24.0. The topological polar surface area (TPSA) is 140 Å². The first kappa shape index (κ1) is 28.7. The van der Waals surface area contributed by atoms with Crippen LogP contribution in [0.15, 0.2) is 71.2 Å². The summed E-state index contributed by atoms with van der Waals surface area (Å²) in [5.41, 5.74) is 0.722. The van der Waals surface area contributed by atoms with Crippen molar-refractivity contribution in [3.63, 3.8) is 0 Å². The minimum atomic E-state index is -1.11. The van der Waals surface area contributed by atoms with Crippen LogP contribution in [0, 0.1) is 17.7 Å². The molecule has 8 rings (SSSR count). The number of aromatic amines is 1. The quantitative estimate of drug-likeness (QED) is 0.276. The highest BCUT2D eigenvalue weighted by Crippen LogP contribution is 2.43. The van der Waals surface area contributed by atoms with Crippen molar-refractivity contribution in [1.82, 2.24) is 34.4 Å². The highest BCUT2D eigenvalue weighted by atomic mass is 19.1. The molecule has 1 aromatic carbocycles. The van der Waals surface area contributed by atoms with Crippen molar-refractivity contribution in [2.24, 2.45) is 11.8 Å². The summed E-state index contributed by atoms with van der Waals surface area (Å²) in [5.74, 6) is -0.0412. The molecule has 0 aliphatic carbocycles. The molecule has 44 heavy (non-hydrogen) atoms. The van der Waals surface area contributed by atoms with Crippen LogP contribution in [-0.2, 0) is 22.6 Å². The van der Waals surface area contributed by atoms with Gasteiger partial charge in [-0.25, -0.2) is 9.48 Å². The molecule has 4 aliphatic rings. The Balaban J connectivity index is 1.07. The van der Waals surface area contributed by atoms with Crippen LogP contribution in [0.5, 0.6) is 0 Å². The molecule has 0 radical (unpaired) electrons. The number of fused-ring (bicyclic) bond motifs is 4. The molecule has 230 valence electrons. The number of hydrogen-bond donors (Lipinski definition) is 2. The molecular weight excluding hydrogens is 569 g/mol. The maximum absolute atomic E-state index is 13.8. The van der Waals surface area contributed by atoms with Crippen molar-refractivity contribution >= 4 is 10.9 Å². The number of nitrogens with one attached hydrogen (secondary N) is 1. The Morgan fingerprint density at radius 3 is 2.91 bits per heavy atom. The minimum Gasteiger partial charge on any atom is -0.390 e. The molecule has 13 heteroatoms. The highest BCUT2D eigenvalue weighted by Gasteiger charge is 2.43. The number of aromatic nitrogens is 6. The molecule has 5 unspecified atom stereocenters. The van der Waals surface area contributed by atoms with Crippen LogP contribution >= 0.6 is 0 Å². The normalized spacial score (nSPS) is 28.8. The lowest BCUT2D eigenvalue weighted by atomic mass is 9.73. The summed E-state index contributed by atoms with van der Waals surface area (Å²) < 4.78 is 28.9. The van der Waals surface area contributed by atoms with Crippen molar-refractivity contribution < 1.29 is 19.0 Å². The summed E-state index contributed by atoms with van der Waals surface area (Å²) in [4.78, 5) is 32.6. The molecule has 0 saturated carbocycles. The predicted molar refractivity (Wildman–Crippen MR) is 157 cm³/mol. The largest absolute Gasteiger partial charge is 0.390 e. The van der Waals surface area contributed by atoms with Crippen LogP contribution in [0.25, 0.3) is 10.9 Å². The Morgan fingerprint density at radius 2 is 2.09 bits per heavy atom. The number of aliphatic hydroxyl groups excluding tert-OH is 1. The van der Waals surface area contributed by atoms with Crippen molar-refractivity contribution in [3.05, 3.63) is 99.5 Å². The van der Waals surface area contributed by atoms with Gasteiger partial charge in [-0.15, -0.1) is 11.7 Å². The number of halogens is 1. The van der Waals surface area contributed by atoms with E-state index in [2.05, 4.69) is 38.9 Å². The van der Waals surface area contributed by atoms with Gasteiger partial charge in [0, 0.05) is 30.6 Å². The number of benzene rings is 1. The summed E-state index contributed by atoms with van der Waals surface area (Å²) in [6.45, 7) is 6.46. The van der Waals surface area contributed by atoms with Gasteiger partial charge in [0.15, 0.2) is 0 Å². The van der Waals surface area contributed by atoms with E-state index < -0.39 is 35.5 Å². The molecule has 0 spiro atoms. The second-order valence-corrected chi connectivity index (χ2v) is 11.9. The fourth-order valence-corrected chi connectivity index (χ4v) is 7.04. The van der Waals surface area contributed by atoms with Gasteiger partial charge in [0.25, 0.3) is 5.56 Å². The number of ether oxygens (including phenoxy) is 2. The van der Waals surface area contributed by atoms with Crippen LogP contribution in [0.4, 0.5) is 4.39 Å². The molecule has 4 aliphatic heterocycles. The van der Waals surface area contributed by atoms with Gasteiger partial charge in [0.2, 0.25) is 5.82 Å². The first-order valence-corrected chi connectivity index (χ1v) is 14.9. The van der Waals surface area contributed by atoms with E-state index in [9.17, 15) is 19.1 Å². The monoisotopic (exact) mass is 603 g/mol. The Kier molecular flexibility index (Phi) is 7.70. The molecule has 2 bridgehead atoms. The van der Waals surface area contributed by atoms with Gasteiger partial charge in [0.1, 0.15) is 18.0 Å². The molecule has 4 fully saturated rings. The van der Waals surface area contributed by atoms with E-state index in [1.807, 2.05) is 35.4 Å². The summed E-state index contributed by atoms with van der Waals surface area (Å²) in [6.07, 6.45) is 5.89. The Morgan fingerprint density at radius 1 is 1.23 bits per heavy atom. The number of hydrogen-bond acceptors (Lipinski definition) is 9. The fraction of sp³-hybridized carbons (Fsp3) is 0.452.